The van der Waals surface area contributed by atoms with Crippen LogP contribution in [0.4, 0.5) is 0 Å². The topological polar surface area (TPSA) is 48.0 Å². The lowest BCUT2D eigenvalue weighted by Crippen LogP contribution is -2.41. The fraction of sp³-hybridized carbons (Fsp3) is 0.933. The van der Waals surface area contributed by atoms with E-state index in [4.69, 9.17) is 14.2 Å². The Morgan fingerprint density at radius 1 is 1.10 bits per heavy atom. The number of carbonyl (C=O) groups excluding carboxylic acids is 1. The van der Waals surface area contributed by atoms with E-state index in [1.807, 2.05) is 4.90 Å². The maximum Gasteiger partial charge on any atom is 0.248 e. The van der Waals surface area contributed by atoms with Gasteiger partial charge in [0.1, 0.15) is 6.61 Å². The molecule has 3 aliphatic rings. The summed E-state index contributed by atoms with van der Waals surface area (Å²) in [6.07, 6.45) is 7.31. The molecule has 0 bridgehead atoms. The van der Waals surface area contributed by atoms with Gasteiger partial charge < -0.3 is 19.1 Å². The molecule has 5 nitrogen and oxygen atoms in total. The van der Waals surface area contributed by atoms with Gasteiger partial charge in [0.15, 0.2) is 5.79 Å². The number of rotatable bonds is 3. The Hall–Kier alpha value is -0.650. The quantitative estimate of drug-likeness (QED) is 0.791. The van der Waals surface area contributed by atoms with Crippen LogP contribution in [-0.2, 0) is 19.0 Å². The zero-order chi connectivity index (χ0) is 13.8. The van der Waals surface area contributed by atoms with Crippen molar-refractivity contribution < 1.29 is 19.0 Å². The zero-order valence-corrected chi connectivity index (χ0v) is 12.1. The standard InChI is InChI=1S/C15H25NO4/c17-14(16-8-2-1-3-9-16)12-18-13-4-6-15(7-5-13)19-10-11-20-15/h13H,1-12H2. The molecule has 1 aliphatic carbocycles. The highest BCUT2D eigenvalue weighted by Crippen LogP contribution is 2.36. The third-order valence-electron chi connectivity index (χ3n) is 4.66. The number of carbonyl (C=O) groups is 1. The molecule has 1 spiro atoms. The predicted octanol–water partition coefficient (Wildman–Crippen LogP) is 1.70. The average molecular weight is 283 g/mol. The van der Waals surface area contributed by atoms with Gasteiger partial charge in [0, 0.05) is 25.9 Å². The minimum absolute atomic E-state index is 0.151. The predicted molar refractivity (Wildman–Crippen MR) is 73.3 cm³/mol. The number of likely N-dealkylation sites (tertiary alicyclic amines) is 1. The van der Waals surface area contributed by atoms with Crippen molar-refractivity contribution in [3.63, 3.8) is 0 Å². The molecule has 0 atom stereocenters. The number of amides is 1. The monoisotopic (exact) mass is 283 g/mol. The Kier molecular flexibility index (Phi) is 4.58. The minimum atomic E-state index is -0.337. The van der Waals surface area contributed by atoms with Crippen molar-refractivity contribution in [2.75, 3.05) is 32.9 Å². The van der Waals surface area contributed by atoms with Crippen molar-refractivity contribution in [2.24, 2.45) is 0 Å². The molecule has 5 heteroatoms. The SMILES string of the molecule is O=C(COC1CCC2(CC1)OCCO2)N1CCCCC1. The molecule has 3 rings (SSSR count). The van der Waals surface area contributed by atoms with Crippen molar-refractivity contribution >= 4 is 5.91 Å². The van der Waals surface area contributed by atoms with Gasteiger partial charge in [-0.15, -0.1) is 0 Å². The lowest BCUT2D eigenvalue weighted by Gasteiger charge is -2.35. The van der Waals surface area contributed by atoms with Crippen molar-refractivity contribution in [3.05, 3.63) is 0 Å². The molecule has 1 saturated carbocycles. The first-order chi connectivity index (χ1) is 9.77. The molecule has 0 aromatic rings. The molecule has 0 radical (unpaired) electrons. The Bertz CT molecular complexity index is 325. The zero-order valence-electron chi connectivity index (χ0n) is 12.1. The van der Waals surface area contributed by atoms with Gasteiger partial charge in [0.25, 0.3) is 0 Å². The summed E-state index contributed by atoms with van der Waals surface area (Å²) in [5.41, 5.74) is 0. The van der Waals surface area contributed by atoms with E-state index in [9.17, 15) is 4.79 Å². The van der Waals surface area contributed by atoms with Crippen molar-refractivity contribution in [1.82, 2.24) is 4.90 Å². The van der Waals surface area contributed by atoms with Crippen LogP contribution < -0.4 is 0 Å². The second kappa shape index (κ2) is 6.41. The van der Waals surface area contributed by atoms with Crippen LogP contribution in [0.1, 0.15) is 44.9 Å². The molecule has 0 unspecified atom stereocenters. The molecule has 20 heavy (non-hydrogen) atoms. The van der Waals surface area contributed by atoms with Gasteiger partial charge in [-0.1, -0.05) is 0 Å². The maximum atomic E-state index is 12.0. The van der Waals surface area contributed by atoms with Crippen LogP contribution in [0.15, 0.2) is 0 Å². The fourth-order valence-corrected chi connectivity index (χ4v) is 3.41. The molecule has 2 saturated heterocycles. The lowest BCUT2D eigenvalue weighted by molar-refractivity contribution is -0.192. The van der Waals surface area contributed by atoms with Crippen LogP contribution >= 0.6 is 0 Å². The van der Waals surface area contributed by atoms with E-state index >= 15 is 0 Å². The van der Waals surface area contributed by atoms with E-state index < -0.39 is 0 Å². The first-order valence-electron chi connectivity index (χ1n) is 7.95. The number of ether oxygens (including phenoxy) is 3. The van der Waals surface area contributed by atoms with E-state index in [1.54, 1.807) is 0 Å². The van der Waals surface area contributed by atoms with Gasteiger partial charge in [-0.05, 0) is 32.1 Å². The highest BCUT2D eigenvalue weighted by atomic mass is 16.7. The number of nitrogens with zero attached hydrogens (tertiary/aromatic N) is 1. The van der Waals surface area contributed by atoms with E-state index in [0.717, 1.165) is 51.6 Å². The minimum Gasteiger partial charge on any atom is -0.368 e. The van der Waals surface area contributed by atoms with Crippen molar-refractivity contribution in [3.8, 4) is 0 Å². The van der Waals surface area contributed by atoms with E-state index in [2.05, 4.69) is 0 Å². The summed E-state index contributed by atoms with van der Waals surface area (Å²) in [6.45, 7) is 3.45. The maximum absolute atomic E-state index is 12.0. The van der Waals surface area contributed by atoms with Gasteiger partial charge >= 0.3 is 0 Å². The van der Waals surface area contributed by atoms with E-state index in [-0.39, 0.29) is 24.4 Å². The van der Waals surface area contributed by atoms with Gasteiger partial charge in [0.2, 0.25) is 5.91 Å². The normalized spacial score (nSPS) is 27.1. The Balaban J connectivity index is 1.38. The molecular weight excluding hydrogens is 258 g/mol. The molecule has 114 valence electrons. The third-order valence-corrected chi connectivity index (χ3v) is 4.66. The second-order valence-electron chi connectivity index (χ2n) is 6.06. The molecule has 2 aliphatic heterocycles. The second-order valence-corrected chi connectivity index (χ2v) is 6.06. The smallest absolute Gasteiger partial charge is 0.248 e. The summed E-state index contributed by atoms with van der Waals surface area (Å²) in [7, 11) is 0. The van der Waals surface area contributed by atoms with Crippen molar-refractivity contribution in [2.45, 2.75) is 56.8 Å². The number of hydrogen-bond acceptors (Lipinski definition) is 4. The average Bonchev–Trinajstić information content (AvgIpc) is 2.96. The van der Waals surface area contributed by atoms with Gasteiger partial charge in [-0.2, -0.15) is 0 Å². The molecule has 1 amide bonds. The summed E-state index contributed by atoms with van der Waals surface area (Å²) in [4.78, 5) is 14.0. The van der Waals surface area contributed by atoms with Crippen LogP contribution in [0.25, 0.3) is 0 Å². The van der Waals surface area contributed by atoms with E-state index in [0.29, 0.717) is 13.2 Å². The van der Waals surface area contributed by atoms with Crippen LogP contribution in [0.2, 0.25) is 0 Å². The largest absolute Gasteiger partial charge is 0.368 e. The summed E-state index contributed by atoms with van der Waals surface area (Å²) < 4.78 is 17.2. The first-order valence-corrected chi connectivity index (χ1v) is 7.95. The summed E-state index contributed by atoms with van der Waals surface area (Å²) in [5, 5.41) is 0. The summed E-state index contributed by atoms with van der Waals surface area (Å²) >= 11 is 0. The van der Waals surface area contributed by atoms with Gasteiger partial charge in [-0.25, -0.2) is 0 Å². The molecule has 3 fully saturated rings. The molecule has 0 aromatic carbocycles. The number of piperidine rings is 1. The summed E-state index contributed by atoms with van der Waals surface area (Å²) in [5.74, 6) is -0.185. The van der Waals surface area contributed by atoms with Crippen LogP contribution in [0.3, 0.4) is 0 Å². The molecule has 0 aromatic heterocycles. The Morgan fingerprint density at radius 2 is 1.75 bits per heavy atom. The van der Waals surface area contributed by atoms with Gasteiger partial charge in [0.05, 0.1) is 19.3 Å². The highest BCUT2D eigenvalue weighted by Gasteiger charge is 2.40. The van der Waals surface area contributed by atoms with Crippen LogP contribution in [0, 0.1) is 0 Å². The lowest BCUT2D eigenvalue weighted by atomic mass is 9.92. The van der Waals surface area contributed by atoms with Gasteiger partial charge in [-0.3, -0.25) is 4.79 Å². The molecule has 2 heterocycles. The van der Waals surface area contributed by atoms with Crippen LogP contribution in [-0.4, -0.2) is 55.6 Å². The summed E-state index contributed by atoms with van der Waals surface area (Å²) in [6, 6.07) is 0. The van der Waals surface area contributed by atoms with Crippen LogP contribution in [0.5, 0.6) is 0 Å². The molecular formula is C15H25NO4. The fourth-order valence-electron chi connectivity index (χ4n) is 3.41. The molecule has 0 N–H and O–H groups in total. The first kappa shape index (κ1) is 14.3. The van der Waals surface area contributed by atoms with Crippen molar-refractivity contribution in [1.29, 1.82) is 0 Å². The third kappa shape index (κ3) is 3.32. The number of hydrogen-bond donors (Lipinski definition) is 0. The van der Waals surface area contributed by atoms with E-state index in [1.165, 1.54) is 6.42 Å². The Morgan fingerprint density at radius 3 is 2.40 bits per heavy atom. The Labute approximate surface area is 120 Å². The highest BCUT2D eigenvalue weighted by molar-refractivity contribution is 5.77.